The number of hydrogen-bond donors (Lipinski definition) is 1. The van der Waals surface area contributed by atoms with Gasteiger partial charge in [-0.3, -0.25) is 14.6 Å². The molecule has 0 unspecified atom stereocenters. The van der Waals surface area contributed by atoms with E-state index in [-0.39, 0.29) is 11.8 Å². The maximum atomic E-state index is 13.3. The van der Waals surface area contributed by atoms with E-state index in [0.717, 1.165) is 0 Å². The van der Waals surface area contributed by atoms with E-state index in [0.29, 0.717) is 28.6 Å². The van der Waals surface area contributed by atoms with E-state index in [4.69, 9.17) is 4.74 Å². The van der Waals surface area contributed by atoms with E-state index in [1.165, 1.54) is 4.90 Å². The normalized spacial score (nSPS) is 37.1. The summed E-state index contributed by atoms with van der Waals surface area (Å²) in [6.07, 6.45) is 1.11. The minimum Gasteiger partial charge on any atom is -0.390 e. The van der Waals surface area contributed by atoms with Crippen LogP contribution in [0.15, 0.2) is 30.5 Å². The lowest BCUT2D eigenvalue weighted by Crippen LogP contribution is -2.49. The molecule has 2 bridgehead atoms. The van der Waals surface area contributed by atoms with Crippen molar-refractivity contribution in [2.75, 3.05) is 4.90 Å². The molecule has 1 aromatic carbocycles. The maximum Gasteiger partial charge on any atom is 0.240 e. The van der Waals surface area contributed by atoms with Gasteiger partial charge in [-0.25, -0.2) is 4.90 Å². The number of aromatic nitrogens is 1. The molecular formula is C20H17N3O4. The fourth-order valence-corrected chi connectivity index (χ4v) is 5.20. The molecule has 5 rings (SSSR count). The number of pyridine rings is 1. The molecule has 4 heterocycles. The number of carbonyl (C=O) groups excluding carboxylic acids is 2. The fourth-order valence-electron chi connectivity index (χ4n) is 5.20. The summed E-state index contributed by atoms with van der Waals surface area (Å²) in [6, 6.07) is 8.73. The van der Waals surface area contributed by atoms with Crippen molar-refractivity contribution in [3.05, 3.63) is 36.0 Å². The Kier molecular flexibility index (Phi) is 2.98. The van der Waals surface area contributed by atoms with Crippen LogP contribution in [-0.2, 0) is 14.3 Å². The average molecular weight is 363 g/mol. The lowest BCUT2D eigenvalue weighted by Gasteiger charge is -2.31. The lowest BCUT2D eigenvalue weighted by atomic mass is 9.67. The van der Waals surface area contributed by atoms with Crippen LogP contribution in [0.5, 0.6) is 0 Å². The van der Waals surface area contributed by atoms with E-state index in [1.54, 1.807) is 44.3 Å². The monoisotopic (exact) mass is 363 g/mol. The highest BCUT2D eigenvalue weighted by Crippen LogP contribution is 2.61. The number of ether oxygens (including phenoxy) is 1. The van der Waals surface area contributed by atoms with Crippen molar-refractivity contribution in [1.82, 2.24) is 4.98 Å². The Morgan fingerprint density at radius 3 is 2.74 bits per heavy atom. The molecule has 2 aromatic rings. The predicted molar refractivity (Wildman–Crippen MR) is 94.4 cm³/mol. The predicted octanol–water partition coefficient (Wildman–Crippen LogP) is 1.52. The second-order valence-corrected chi connectivity index (χ2v) is 7.93. The van der Waals surface area contributed by atoms with Crippen LogP contribution in [0, 0.1) is 23.2 Å². The molecule has 3 fully saturated rings. The molecule has 3 saturated heterocycles. The number of aliphatic hydroxyl groups excluding tert-OH is 1. The molecule has 5 atom stereocenters. The van der Waals surface area contributed by atoms with Gasteiger partial charge < -0.3 is 9.84 Å². The minimum atomic E-state index is -1.07. The van der Waals surface area contributed by atoms with Gasteiger partial charge >= 0.3 is 0 Å². The summed E-state index contributed by atoms with van der Waals surface area (Å²) in [5.74, 6) is -2.04. The third-order valence-electron chi connectivity index (χ3n) is 6.40. The Morgan fingerprint density at radius 2 is 2.00 bits per heavy atom. The molecule has 2 amide bonds. The summed E-state index contributed by atoms with van der Waals surface area (Å²) in [5.41, 5.74) is -0.677. The summed E-state index contributed by atoms with van der Waals surface area (Å²) in [5, 5.41) is 20.3. The third-order valence-corrected chi connectivity index (χ3v) is 6.40. The largest absolute Gasteiger partial charge is 0.390 e. The van der Waals surface area contributed by atoms with Crippen molar-refractivity contribution in [2.45, 2.75) is 37.6 Å². The molecular weight excluding hydrogens is 346 g/mol. The Balaban J connectivity index is 1.69. The maximum absolute atomic E-state index is 13.3. The molecule has 7 heteroatoms. The van der Waals surface area contributed by atoms with Gasteiger partial charge in [-0.1, -0.05) is 0 Å². The fraction of sp³-hybridized carbons (Fsp3) is 0.400. The van der Waals surface area contributed by atoms with Gasteiger partial charge in [0.1, 0.15) is 11.7 Å². The standard InChI is InChI=1S/C20H17N3O4/c1-19-8-13(24)20(2,27-19)15-14(19)17(25)23(18(15)26)12-6-5-10(9-21)16-11(12)4-3-7-22-16/h3-7,13-15,24H,8H2,1-2H3/t13-,14+,15-,19-,20+/m0/s1. The van der Waals surface area contributed by atoms with Crippen molar-refractivity contribution >= 4 is 28.4 Å². The first-order valence-corrected chi connectivity index (χ1v) is 8.86. The van der Waals surface area contributed by atoms with Crippen molar-refractivity contribution in [3.8, 4) is 6.07 Å². The minimum absolute atomic E-state index is 0.321. The molecule has 7 nitrogen and oxygen atoms in total. The SMILES string of the molecule is C[C@@]12O[C@@](C)(C[C@@H]1O)[C@H]1C(=O)N(c3ccc(C#N)c4ncccc34)C(=O)[C@H]12. The van der Waals surface area contributed by atoms with Crippen molar-refractivity contribution < 1.29 is 19.4 Å². The molecule has 0 spiro atoms. The highest BCUT2D eigenvalue weighted by atomic mass is 16.6. The van der Waals surface area contributed by atoms with Gasteiger partial charge in [0.15, 0.2) is 0 Å². The van der Waals surface area contributed by atoms with Gasteiger partial charge in [0.2, 0.25) is 11.8 Å². The third kappa shape index (κ3) is 1.79. The summed E-state index contributed by atoms with van der Waals surface area (Å²) < 4.78 is 6.00. The Labute approximate surface area is 155 Å². The summed E-state index contributed by atoms with van der Waals surface area (Å²) in [7, 11) is 0. The van der Waals surface area contributed by atoms with Gasteiger partial charge in [-0.2, -0.15) is 5.26 Å². The van der Waals surface area contributed by atoms with Gasteiger partial charge in [-0.15, -0.1) is 0 Å². The average Bonchev–Trinajstić information content (AvgIpc) is 3.15. The van der Waals surface area contributed by atoms with Crippen LogP contribution in [-0.4, -0.2) is 39.2 Å². The molecule has 1 N–H and O–H groups in total. The summed E-state index contributed by atoms with van der Waals surface area (Å²) >= 11 is 0. The van der Waals surface area contributed by atoms with Gasteiger partial charge in [-0.05, 0) is 38.1 Å². The molecule has 0 radical (unpaired) electrons. The number of rotatable bonds is 1. The molecule has 0 saturated carbocycles. The number of benzene rings is 1. The zero-order chi connectivity index (χ0) is 19.1. The quantitative estimate of drug-likeness (QED) is 0.771. The first kappa shape index (κ1) is 16.4. The van der Waals surface area contributed by atoms with E-state index in [9.17, 15) is 20.0 Å². The number of nitriles is 1. The van der Waals surface area contributed by atoms with Crippen molar-refractivity contribution in [2.24, 2.45) is 11.8 Å². The first-order valence-electron chi connectivity index (χ1n) is 8.86. The molecule has 27 heavy (non-hydrogen) atoms. The number of fused-ring (bicyclic) bond motifs is 6. The van der Waals surface area contributed by atoms with Crippen LogP contribution in [0.4, 0.5) is 5.69 Å². The van der Waals surface area contributed by atoms with Crippen molar-refractivity contribution in [1.29, 1.82) is 5.26 Å². The Hall–Kier alpha value is -2.82. The van der Waals surface area contributed by atoms with Crippen LogP contribution in [0.2, 0.25) is 0 Å². The van der Waals surface area contributed by atoms with Crippen LogP contribution in [0.1, 0.15) is 25.8 Å². The van der Waals surface area contributed by atoms with Gasteiger partial charge in [0.05, 0.1) is 40.3 Å². The van der Waals surface area contributed by atoms with Crippen LogP contribution in [0.25, 0.3) is 10.9 Å². The number of imide groups is 1. The molecule has 3 aliphatic heterocycles. The second-order valence-electron chi connectivity index (χ2n) is 7.93. The van der Waals surface area contributed by atoms with Gasteiger partial charge in [0.25, 0.3) is 0 Å². The van der Waals surface area contributed by atoms with Crippen LogP contribution >= 0.6 is 0 Å². The number of nitrogens with zero attached hydrogens (tertiary/aromatic N) is 3. The zero-order valence-corrected chi connectivity index (χ0v) is 14.8. The summed E-state index contributed by atoms with van der Waals surface area (Å²) in [6.45, 7) is 3.50. The number of carbonyl (C=O) groups is 2. The number of aliphatic hydroxyl groups is 1. The van der Waals surface area contributed by atoms with E-state index in [1.807, 2.05) is 0 Å². The highest BCUT2D eigenvalue weighted by Gasteiger charge is 2.75. The summed E-state index contributed by atoms with van der Waals surface area (Å²) in [4.78, 5) is 32.0. The lowest BCUT2D eigenvalue weighted by molar-refractivity contribution is -0.132. The molecule has 0 aliphatic carbocycles. The van der Waals surface area contributed by atoms with E-state index < -0.39 is 29.1 Å². The molecule has 1 aromatic heterocycles. The Bertz CT molecular complexity index is 1080. The first-order chi connectivity index (χ1) is 12.8. The van der Waals surface area contributed by atoms with Crippen LogP contribution in [0.3, 0.4) is 0 Å². The Morgan fingerprint density at radius 1 is 1.26 bits per heavy atom. The highest BCUT2D eigenvalue weighted by molar-refractivity contribution is 6.26. The smallest absolute Gasteiger partial charge is 0.240 e. The molecule has 3 aliphatic rings. The van der Waals surface area contributed by atoms with E-state index in [2.05, 4.69) is 11.1 Å². The topological polar surface area (TPSA) is 104 Å². The van der Waals surface area contributed by atoms with Crippen molar-refractivity contribution in [3.63, 3.8) is 0 Å². The number of amides is 2. The van der Waals surface area contributed by atoms with E-state index >= 15 is 0 Å². The molecule has 136 valence electrons. The van der Waals surface area contributed by atoms with Crippen LogP contribution < -0.4 is 4.90 Å². The second kappa shape index (κ2) is 4.91. The number of hydrogen-bond acceptors (Lipinski definition) is 6. The number of anilines is 1. The van der Waals surface area contributed by atoms with Gasteiger partial charge in [0, 0.05) is 18.0 Å². The zero-order valence-electron chi connectivity index (χ0n) is 14.8.